The van der Waals surface area contributed by atoms with Gasteiger partial charge in [-0.1, -0.05) is 49.7 Å². The van der Waals surface area contributed by atoms with Gasteiger partial charge in [0.1, 0.15) is 23.0 Å². The number of carboxylic acids is 1. The Balaban J connectivity index is 2.05. The van der Waals surface area contributed by atoms with Gasteiger partial charge in [0.25, 0.3) is 0 Å². The maximum Gasteiger partial charge on any atom is 0.573 e. The van der Waals surface area contributed by atoms with Crippen LogP contribution in [-0.4, -0.2) is 29.7 Å². The maximum atomic E-state index is 13.6. The summed E-state index contributed by atoms with van der Waals surface area (Å²) in [4.78, 5) is 11.3. The molecule has 0 spiro atoms. The van der Waals surface area contributed by atoms with Gasteiger partial charge in [0.05, 0.1) is 22.5 Å². The van der Waals surface area contributed by atoms with E-state index in [0.717, 1.165) is 17.2 Å². The molecule has 0 aliphatic heterocycles. The third kappa shape index (κ3) is 7.68. The summed E-state index contributed by atoms with van der Waals surface area (Å²) in [5.74, 6) is -1.96. The van der Waals surface area contributed by atoms with Gasteiger partial charge >= 0.3 is 12.3 Å². The second kappa shape index (κ2) is 13.5. The number of aryl methyl sites for hydroxylation is 1. The summed E-state index contributed by atoms with van der Waals surface area (Å²) in [6.45, 7) is 5.78. The highest BCUT2D eigenvalue weighted by Gasteiger charge is 2.36. The Morgan fingerprint density at radius 3 is 2.11 bits per heavy atom. The number of carbonyl (C=O) groups is 1. The molecule has 4 aromatic carbocycles. The van der Waals surface area contributed by atoms with Crippen molar-refractivity contribution >= 4 is 37.8 Å². The van der Waals surface area contributed by atoms with Gasteiger partial charge in [-0.25, -0.2) is 0 Å². The topological polar surface area (TPSA) is 85.2 Å². The Bertz CT molecular complexity index is 1660. The third-order valence-corrected chi connectivity index (χ3v) is 8.03. The highest BCUT2D eigenvalue weighted by atomic mass is 79.9. The van der Waals surface area contributed by atoms with Crippen LogP contribution in [0.2, 0.25) is 0 Å². The van der Waals surface area contributed by atoms with Crippen molar-refractivity contribution in [2.24, 2.45) is 0 Å². The molecular formula is C33H29Br2F3O6. The van der Waals surface area contributed by atoms with Gasteiger partial charge < -0.3 is 24.4 Å². The molecule has 1 atom stereocenters. The summed E-state index contributed by atoms with van der Waals surface area (Å²) < 4.78 is 58.4. The average molecular weight is 738 g/mol. The van der Waals surface area contributed by atoms with Crippen molar-refractivity contribution in [1.82, 2.24) is 0 Å². The Morgan fingerprint density at radius 2 is 1.55 bits per heavy atom. The first-order valence-corrected chi connectivity index (χ1v) is 15.0. The number of methoxy groups -OCH3 is 1. The molecule has 0 fully saturated rings. The second-order valence-corrected chi connectivity index (χ2v) is 12.1. The quantitative estimate of drug-likeness (QED) is 0.158. The molecule has 0 amide bonds. The van der Waals surface area contributed by atoms with E-state index in [1.54, 1.807) is 36.4 Å². The lowest BCUT2D eigenvalue weighted by Gasteiger charge is -2.27. The van der Waals surface area contributed by atoms with E-state index in [1.807, 2.05) is 32.9 Å². The number of hydrogen-bond acceptors (Lipinski definition) is 5. The fourth-order valence-corrected chi connectivity index (χ4v) is 6.46. The van der Waals surface area contributed by atoms with Crippen LogP contribution in [0.15, 0.2) is 75.7 Å². The SMILES string of the molecule is COc1cc(C(c2cccc(C)c2)c2c(O)cccc2OC(F)(F)F)c(Oc2c(Br)cc(CC(=O)O)cc2Br)cc1C(C)C. The smallest absolute Gasteiger partial charge is 0.507 e. The minimum absolute atomic E-state index is 0.0298. The molecule has 0 heterocycles. The van der Waals surface area contributed by atoms with Gasteiger partial charge in [0, 0.05) is 22.6 Å². The third-order valence-electron chi connectivity index (χ3n) is 6.85. The molecule has 0 aliphatic rings. The van der Waals surface area contributed by atoms with Gasteiger partial charge in [-0.3, -0.25) is 4.79 Å². The number of phenols is 1. The van der Waals surface area contributed by atoms with Crippen LogP contribution >= 0.6 is 31.9 Å². The summed E-state index contributed by atoms with van der Waals surface area (Å²) >= 11 is 6.96. The number of ether oxygens (including phenoxy) is 3. The normalized spacial score (nSPS) is 12.2. The number of rotatable bonds is 10. The molecule has 0 bridgehead atoms. The Hall–Kier alpha value is -3.70. The van der Waals surface area contributed by atoms with E-state index in [2.05, 4.69) is 36.6 Å². The summed E-state index contributed by atoms with van der Waals surface area (Å²) in [7, 11) is 1.50. The van der Waals surface area contributed by atoms with Crippen LogP contribution in [0.25, 0.3) is 0 Å². The number of carboxylic acid groups (broad SMARTS) is 1. The lowest BCUT2D eigenvalue weighted by atomic mass is 9.82. The molecule has 0 aromatic heterocycles. The molecule has 2 N–H and O–H groups in total. The van der Waals surface area contributed by atoms with Crippen LogP contribution in [0, 0.1) is 6.92 Å². The van der Waals surface area contributed by atoms with E-state index in [0.29, 0.717) is 37.1 Å². The number of halogens is 5. The average Bonchev–Trinajstić information content (AvgIpc) is 2.91. The van der Waals surface area contributed by atoms with E-state index in [4.69, 9.17) is 9.47 Å². The zero-order valence-electron chi connectivity index (χ0n) is 24.1. The van der Waals surface area contributed by atoms with Gasteiger partial charge in [-0.15, -0.1) is 13.2 Å². The predicted molar refractivity (Wildman–Crippen MR) is 167 cm³/mol. The van der Waals surface area contributed by atoms with Crippen LogP contribution in [0.3, 0.4) is 0 Å². The summed E-state index contributed by atoms with van der Waals surface area (Å²) in [6, 6.07) is 17.6. The number of phenolic OH excluding ortho intramolecular Hbond substituents is 1. The first kappa shape index (κ1) is 33.2. The molecule has 44 heavy (non-hydrogen) atoms. The highest BCUT2D eigenvalue weighted by molar-refractivity contribution is 9.11. The Morgan fingerprint density at radius 1 is 0.909 bits per heavy atom. The fraction of sp³-hybridized carbons (Fsp3) is 0.242. The van der Waals surface area contributed by atoms with Crippen LogP contribution in [0.1, 0.15) is 59.1 Å². The minimum atomic E-state index is -5.02. The number of alkyl halides is 3. The van der Waals surface area contributed by atoms with Gasteiger partial charge in [0.2, 0.25) is 0 Å². The van der Waals surface area contributed by atoms with Crippen molar-refractivity contribution in [3.8, 4) is 28.7 Å². The van der Waals surface area contributed by atoms with Crippen molar-refractivity contribution < 1.29 is 42.4 Å². The molecule has 0 aliphatic carbocycles. The lowest BCUT2D eigenvalue weighted by Crippen LogP contribution is -2.19. The van der Waals surface area contributed by atoms with Gasteiger partial charge in [-0.2, -0.15) is 0 Å². The molecular weight excluding hydrogens is 709 g/mol. The highest BCUT2D eigenvalue weighted by Crippen LogP contribution is 2.50. The zero-order chi connectivity index (χ0) is 32.3. The van der Waals surface area contributed by atoms with Crippen molar-refractivity contribution in [1.29, 1.82) is 0 Å². The lowest BCUT2D eigenvalue weighted by molar-refractivity contribution is -0.274. The molecule has 4 rings (SSSR count). The Labute approximate surface area is 269 Å². The monoisotopic (exact) mass is 736 g/mol. The molecule has 0 radical (unpaired) electrons. The van der Waals surface area contributed by atoms with E-state index in [1.165, 1.54) is 19.2 Å². The number of benzene rings is 4. The van der Waals surface area contributed by atoms with E-state index in [-0.39, 0.29) is 23.7 Å². The maximum absolute atomic E-state index is 13.6. The van der Waals surface area contributed by atoms with E-state index < -0.39 is 29.7 Å². The fourth-order valence-electron chi connectivity index (χ4n) is 5.02. The zero-order valence-corrected chi connectivity index (χ0v) is 27.3. The van der Waals surface area contributed by atoms with Gasteiger partial charge in [0.15, 0.2) is 5.75 Å². The van der Waals surface area contributed by atoms with Crippen LogP contribution in [0.4, 0.5) is 13.2 Å². The van der Waals surface area contributed by atoms with Crippen molar-refractivity contribution in [2.45, 2.75) is 45.4 Å². The number of aromatic hydroxyl groups is 1. The molecule has 4 aromatic rings. The summed E-state index contributed by atoms with van der Waals surface area (Å²) in [6.07, 6.45) is -5.24. The van der Waals surface area contributed by atoms with E-state index in [9.17, 15) is 28.2 Å². The van der Waals surface area contributed by atoms with Crippen molar-refractivity contribution in [3.05, 3.63) is 109 Å². The predicted octanol–water partition coefficient (Wildman–Crippen LogP) is 9.86. The second-order valence-electron chi connectivity index (χ2n) is 10.4. The number of aliphatic carboxylic acids is 1. The molecule has 6 nitrogen and oxygen atoms in total. The molecule has 232 valence electrons. The number of hydrogen-bond donors (Lipinski definition) is 2. The van der Waals surface area contributed by atoms with Crippen LogP contribution < -0.4 is 14.2 Å². The van der Waals surface area contributed by atoms with Crippen molar-refractivity contribution in [2.75, 3.05) is 7.11 Å². The largest absolute Gasteiger partial charge is 0.573 e. The Kier molecular flexibility index (Phi) is 10.2. The first-order valence-electron chi connectivity index (χ1n) is 13.4. The molecule has 1 unspecified atom stereocenters. The van der Waals surface area contributed by atoms with Gasteiger partial charge in [-0.05, 0) is 92.2 Å². The summed E-state index contributed by atoms with van der Waals surface area (Å²) in [5, 5.41) is 20.4. The molecule has 11 heteroatoms. The van der Waals surface area contributed by atoms with E-state index >= 15 is 0 Å². The summed E-state index contributed by atoms with van der Waals surface area (Å²) in [5.41, 5.74) is 2.97. The molecule has 0 saturated heterocycles. The standard InChI is InChI=1S/C33H29Br2F3O6/c1-17(2)21-15-28(43-32-23(34)12-19(13-24(32)35)14-29(40)41)22(16-27(21)42-4)30(20-8-5-7-18(3)11-20)31-25(39)9-6-10-26(31)44-33(36,37)38/h5-13,15-17,30,39H,14H2,1-4H3,(H,40,41). The van der Waals surface area contributed by atoms with Crippen molar-refractivity contribution in [3.63, 3.8) is 0 Å². The molecule has 0 saturated carbocycles. The minimum Gasteiger partial charge on any atom is -0.507 e. The van der Waals surface area contributed by atoms with Crippen LogP contribution in [-0.2, 0) is 11.2 Å². The first-order chi connectivity index (χ1) is 20.7. The van der Waals surface area contributed by atoms with Crippen LogP contribution in [0.5, 0.6) is 28.7 Å².